The minimum absolute atomic E-state index is 0.0145. The third-order valence-electron chi connectivity index (χ3n) is 1.07. The zero-order valence-electron chi connectivity index (χ0n) is 5.26. The summed E-state index contributed by atoms with van der Waals surface area (Å²) in [6.45, 7) is 2.01. The number of ether oxygens (including phenoxy) is 1. The van der Waals surface area contributed by atoms with E-state index < -0.39 is 0 Å². The molecule has 9 heavy (non-hydrogen) atoms. The molecular formula is C7H8O2. The van der Waals surface area contributed by atoms with Gasteiger partial charge in [-0.25, -0.2) is 0 Å². The zero-order chi connectivity index (χ0) is 6.69. The number of hydrogen-bond donors (Lipinski definition) is 0. The van der Waals surface area contributed by atoms with Gasteiger partial charge in [-0.2, -0.15) is 0 Å². The lowest BCUT2D eigenvalue weighted by atomic mass is 10.3. The number of carbonyl (C=O) groups excluding carboxylic acids is 1. The number of hydrogen-bond acceptors (Lipinski definition) is 2. The first-order valence-electron chi connectivity index (χ1n) is 2.81. The second-order valence-corrected chi connectivity index (χ2v) is 1.83. The number of Topliss-reactive ketones (excluding diaryl/α,β-unsaturated/α-hetero) is 1. The minimum Gasteiger partial charge on any atom is -0.486 e. The van der Waals surface area contributed by atoms with E-state index in [9.17, 15) is 4.79 Å². The summed E-state index contributed by atoms with van der Waals surface area (Å²) in [5.41, 5.74) is 0. The summed E-state index contributed by atoms with van der Waals surface area (Å²) >= 11 is 0. The zero-order valence-corrected chi connectivity index (χ0v) is 5.26. The van der Waals surface area contributed by atoms with Crippen molar-refractivity contribution in [1.29, 1.82) is 0 Å². The Bertz CT molecular complexity index is 177. The number of allylic oxidation sites excluding steroid dienone is 3. The monoisotopic (exact) mass is 124 g/mol. The molecule has 0 aromatic rings. The molecule has 0 spiro atoms. The lowest BCUT2D eigenvalue weighted by Crippen LogP contribution is -2.03. The number of rotatable bonds is 1. The van der Waals surface area contributed by atoms with Crippen molar-refractivity contribution >= 4 is 5.78 Å². The van der Waals surface area contributed by atoms with E-state index in [0.29, 0.717) is 12.4 Å². The molecule has 1 aliphatic heterocycles. The van der Waals surface area contributed by atoms with Gasteiger partial charge in [-0.05, 0) is 12.2 Å². The third-order valence-corrected chi connectivity index (χ3v) is 1.07. The average molecular weight is 124 g/mol. The molecule has 48 valence electrons. The fraction of sp³-hybridized carbons (Fsp3) is 0.286. The summed E-state index contributed by atoms with van der Waals surface area (Å²) in [5.74, 6) is 0.442. The summed E-state index contributed by atoms with van der Waals surface area (Å²) in [7, 11) is 0. The fourth-order valence-electron chi connectivity index (χ4n) is 0.616. The molecule has 2 heteroatoms. The van der Waals surface area contributed by atoms with Crippen LogP contribution in [0.3, 0.4) is 0 Å². The van der Waals surface area contributed by atoms with Gasteiger partial charge in [0, 0.05) is 6.92 Å². The maximum absolute atomic E-state index is 10.6. The van der Waals surface area contributed by atoms with Crippen LogP contribution in [0.25, 0.3) is 0 Å². The first-order valence-corrected chi connectivity index (χ1v) is 2.81. The molecule has 0 aromatic heterocycles. The van der Waals surface area contributed by atoms with Crippen molar-refractivity contribution in [3.8, 4) is 0 Å². The largest absolute Gasteiger partial charge is 0.486 e. The van der Waals surface area contributed by atoms with Gasteiger partial charge in [-0.1, -0.05) is 6.08 Å². The van der Waals surface area contributed by atoms with Gasteiger partial charge in [-0.15, -0.1) is 0 Å². The molecule has 0 unspecified atom stereocenters. The van der Waals surface area contributed by atoms with Crippen molar-refractivity contribution in [1.82, 2.24) is 0 Å². The second-order valence-electron chi connectivity index (χ2n) is 1.83. The van der Waals surface area contributed by atoms with Crippen LogP contribution in [-0.4, -0.2) is 12.4 Å². The lowest BCUT2D eigenvalue weighted by molar-refractivity contribution is -0.116. The van der Waals surface area contributed by atoms with Crippen LogP contribution in [0.2, 0.25) is 0 Å². The molecule has 2 nitrogen and oxygen atoms in total. The minimum atomic E-state index is -0.0145. The predicted molar refractivity (Wildman–Crippen MR) is 33.9 cm³/mol. The smallest absolute Gasteiger partial charge is 0.194 e. The van der Waals surface area contributed by atoms with Crippen LogP contribution in [0.1, 0.15) is 6.92 Å². The number of carbonyl (C=O) groups is 1. The van der Waals surface area contributed by atoms with Crippen LogP contribution in [0, 0.1) is 0 Å². The van der Waals surface area contributed by atoms with Crippen LogP contribution in [0.15, 0.2) is 24.0 Å². The van der Waals surface area contributed by atoms with Gasteiger partial charge >= 0.3 is 0 Å². The molecule has 0 aromatic carbocycles. The molecule has 0 fully saturated rings. The molecule has 0 saturated heterocycles. The highest BCUT2D eigenvalue weighted by Crippen LogP contribution is 2.03. The van der Waals surface area contributed by atoms with Crippen molar-refractivity contribution in [2.45, 2.75) is 6.92 Å². The highest BCUT2D eigenvalue weighted by Gasteiger charge is 2.03. The quantitative estimate of drug-likeness (QED) is 0.522. The van der Waals surface area contributed by atoms with Crippen LogP contribution in [-0.2, 0) is 9.53 Å². The Morgan fingerprint density at radius 3 is 2.89 bits per heavy atom. The van der Waals surface area contributed by atoms with E-state index in [1.165, 1.54) is 6.92 Å². The van der Waals surface area contributed by atoms with Crippen molar-refractivity contribution in [3.05, 3.63) is 24.0 Å². The molecule has 0 N–H and O–H groups in total. The predicted octanol–water partition coefficient (Wildman–Crippen LogP) is 1.05. The van der Waals surface area contributed by atoms with Crippen molar-refractivity contribution in [2.24, 2.45) is 0 Å². The summed E-state index contributed by atoms with van der Waals surface area (Å²) in [4.78, 5) is 10.6. The Morgan fingerprint density at radius 2 is 2.56 bits per heavy atom. The average Bonchev–Trinajstić information content (AvgIpc) is 1.90. The molecule has 1 rings (SSSR count). The van der Waals surface area contributed by atoms with E-state index in [2.05, 4.69) is 0 Å². The molecule has 1 heterocycles. The standard InChI is InChI=1S/C7H8O2/c1-6(8)7-4-2-3-5-9-7/h2-4H,5H2,1H3. The molecule has 0 aliphatic carbocycles. The van der Waals surface area contributed by atoms with Gasteiger partial charge in [0.1, 0.15) is 6.61 Å². The van der Waals surface area contributed by atoms with Gasteiger partial charge in [-0.3, -0.25) is 4.79 Å². The van der Waals surface area contributed by atoms with E-state index in [4.69, 9.17) is 4.74 Å². The third kappa shape index (κ3) is 1.42. The van der Waals surface area contributed by atoms with Crippen LogP contribution < -0.4 is 0 Å². The maximum Gasteiger partial charge on any atom is 0.194 e. The van der Waals surface area contributed by atoms with Crippen molar-refractivity contribution in [3.63, 3.8) is 0 Å². The fourth-order valence-corrected chi connectivity index (χ4v) is 0.616. The van der Waals surface area contributed by atoms with E-state index in [1.54, 1.807) is 6.08 Å². The first kappa shape index (κ1) is 6.08. The Kier molecular flexibility index (Phi) is 1.68. The Labute approximate surface area is 53.8 Å². The first-order chi connectivity index (χ1) is 4.30. The van der Waals surface area contributed by atoms with Gasteiger partial charge in [0.15, 0.2) is 11.5 Å². The van der Waals surface area contributed by atoms with Gasteiger partial charge in [0.2, 0.25) is 0 Å². The Morgan fingerprint density at radius 1 is 1.78 bits per heavy atom. The van der Waals surface area contributed by atoms with Crippen LogP contribution >= 0.6 is 0 Å². The topological polar surface area (TPSA) is 26.3 Å². The molecular weight excluding hydrogens is 116 g/mol. The van der Waals surface area contributed by atoms with Crippen molar-refractivity contribution in [2.75, 3.05) is 6.61 Å². The van der Waals surface area contributed by atoms with Crippen LogP contribution in [0.5, 0.6) is 0 Å². The molecule has 0 atom stereocenters. The highest BCUT2D eigenvalue weighted by molar-refractivity contribution is 5.91. The Balaban J connectivity index is 2.68. The molecule has 0 saturated carbocycles. The molecule has 0 radical (unpaired) electrons. The van der Waals surface area contributed by atoms with Crippen molar-refractivity contribution < 1.29 is 9.53 Å². The molecule has 1 aliphatic rings. The summed E-state index contributed by atoms with van der Waals surface area (Å²) in [6, 6.07) is 0. The van der Waals surface area contributed by atoms with Gasteiger partial charge in [0.25, 0.3) is 0 Å². The van der Waals surface area contributed by atoms with E-state index in [1.807, 2.05) is 12.2 Å². The molecule has 0 amide bonds. The van der Waals surface area contributed by atoms with Crippen LogP contribution in [0.4, 0.5) is 0 Å². The maximum atomic E-state index is 10.6. The second kappa shape index (κ2) is 2.49. The lowest BCUT2D eigenvalue weighted by Gasteiger charge is -2.06. The van der Waals surface area contributed by atoms with Gasteiger partial charge < -0.3 is 4.74 Å². The normalized spacial score (nSPS) is 16.3. The van der Waals surface area contributed by atoms with E-state index in [-0.39, 0.29) is 5.78 Å². The van der Waals surface area contributed by atoms with E-state index >= 15 is 0 Å². The summed E-state index contributed by atoms with van der Waals surface area (Å²) in [6.07, 6.45) is 5.35. The highest BCUT2D eigenvalue weighted by atomic mass is 16.5. The Hall–Kier alpha value is -1.05. The summed E-state index contributed by atoms with van der Waals surface area (Å²) in [5, 5.41) is 0. The summed E-state index contributed by atoms with van der Waals surface area (Å²) < 4.78 is 4.96. The van der Waals surface area contributed by atoms with E-state index in [0.717, 1.165) is 0 Å². The van der Waals surface area contributed by atoms with Gasteiger partial charge in [0.05, 0.1) is 0 Å². The molecule has 0 bridgehead atoms. The SMILES string of the molecule is CC(=O)C1=CC=CCO1. The number of ketones is 1.